The topological polar surface area (TPSA) is 85.1 Å². The van der Waals surface area contributed by atoms with E-state index in [-0.39, 0.29) is 4.90 Å². The van der Waals surface area contributed by atoms with Crippen LogP contribution in [0.15, 0.2) is 34.5 Å². The molecule has 0 amide bonds. The number of hydrogen-bond acceptors (Lipinski definition) is 5. The van der Waals surface area contributed by atoms with E-state index in [9.17, 15) is 8.42 Å². The molecule has 18 heavy (non-hydrogen) atoms. The minimum atomic E-state index is -3.62. The third-order valence-corrected chi connectivity index (χ3v) is 4.07. The minimum absolute atomic E-state index is 0.109. The molecule has 0 atom stereocenters. The molecule has 2 aromatic rings. The van der Waals surface area contributed by atoms with E-state index in [1.54, 1.807) is 23.5 Å². The lowest BCUT2D eigenvalue weighted by atomic mass is 10.3. The number of benzene rings is 1. The van der Waals surface area contributed by atoms with Crippen molar-refractivity contribution in [3.8, 4) is 0 Å². The number of aromatic nitrogens is 1. The highest BCUT2D eigenvalue weighted by atomic mass is 32.2. The number of anilines is 1. The summed E-state index contributed by atoms with van der Waals surface area (Å²) < 4.78 is 22.2. The Bertz CT molecular complexity index is 633. The lowest BCUT2D eigenvalue weighted by molar-refractivity contribution is 0.598. The second-order valence-electron chi connectivity index (χ2n) is 3.78. The largest absolute Gasteiger partial charge is 0.379 e. The molecule has 0 spiro atoms. The first-order valence-electron chi connectivity index (χ1n) is 5.23. The van der Waals surface area contributed by atoms with Gasteiger partial charge in [0.15, 0.2) is 0 Å². The summed E-state index contributed by atoms with van der Waals surface area (Å²) in [5, 5.41) is 11.2. The molecular weight excluding hydrogens is 270 g/mol. The first-order chi connectivity index (χ1) is 8.45. The maximum absolute atomic E-state index is 11.1. The molecule has 0 saturated heterocycles. The van der Waals surface area contributed by atoms with Crippen LogP contribution in [0.25, 0.3) is 0 Å². The van der Waals surface area contributed by atoms with E-state index in [4.69, 9.17) is 5.14 Å². The zero-order valence-electron chi connectivity index (χ0n) is 9.75. The van der Waals surface area contributed by atoms with Gasteiger partial charge in [-0.25, -0.2) is 18.5 Å². The fraction of sp³-hybridized carbons (Fsp3) is 0.182. The predicted molar refractivity (Wildman–Crippen MR) is 72.0 cm³/mol. The molecule has 0 radical (unpaired) electrons. The Morgan fingerprint density at radius 2 is 2.00 bits per heavy atom. The second kappa shape index (κ2) is 5.05. The fourth-order valence-corrected chi connectivity index (χ4v) is 2.57. The second-order valence-corrected chi connectivity index (χ2v) is 6.40. The summed E-state index contributed by atoms with van der Waals surface area (Å²) in [5.74, 6) is 0. The summed E-state index contributed by atoms with van der Waals surface area (Å²) in [6.07, 6.45) is 0. The Kier molecular flexibility index (Phi) is 3.65. The molecule has 0 fully saturated rings. The van der Waals surface area contributed by atoms with Crippen molar-refractivity contribution in [2.75, 3.05) is 5.32 Å². The lowest BCUT2D eigenvalue weighted by Gasteiger charge is -2.05. The Hall–Kier alpha value is -1.44. The van der Waals surface area contributed by atoms with Gasteiger partial charge in [0, 0.05) is 11.1 Å². The van der Waals surface area contributed by atoms with Crippen LogP contribution in [0.4, 0.5) is 5.69 Å². The van der Waals surface area contributed by atoms with Crippen molar-refractivity contribution in [1.82, 2.24) is 4.98 Å². The van der Waals surface area contributed by atoms with E-state index in [2.05, 4.69) is 10.3 Å². The third-order valence-electron chi connectivity index (χ3n) is 2.32. The van der Waals surface area contributed by atoms with E-state index in [0.717, 1.165) is 16.4 Å². The van der Waals surface area contributed by atoms with Gasteiger partial charge in [0.05, 0.1) is 22.1 Å². The molecule has 1 aromatic carbocycles. The Labute approximate surface area is 110 Å². The summed E-state index contributed by atoms with van der Waals surface area (Å²) in [4.78, 5) is 4.43. The van der Waals surface area contributed by atoms with Crippen molar-refractivity contribution in [1.29, 1.82) is 0 Å². The smallest absolute Gasteiger partial charge is 0.238 e. The SMILES string of the molecule is Cc1nc(CNc2ccc(S(N)(=O)=O)cc2)cs1. The van der Waals surface area contributed by atoms with Crippen molar-refractivity contribution in [2.24, 2.45) is 5.14 Å². The van der Waals surface area contributed by atoms with E-state index in [1.165, 1.54) is 12.1 Å². The van der Waals surface area contributed by atoms with Gasteiger partial charge in [-0.15, -0.1) is 11.3 Å². The highest BCUT2D eigenvalue weighted by molar-refractivity contribution is 7.89. The predicted octanol–water partition coefficient (Wildman–Crippen LogP) is 1.71. The summed E-state index contributed by atoms with van der Waals surface area (Å²) in [6, 6.07) is 6.31. The van der Waals surface area contributed by atoms with Gasteiger partial charge in [0.2, 0.25) is 10.0 Å². The first-order valence-corrected chi connectivity index (χ1v) is 7.65. The number of primary sulfonamides is 1. The van der Waals surface area contributed by atoms with Crippen LogP contribution in [0.2, 0.25) is 0 Å². The fourth-order valence-electron chi connectivity index (χ4n) is 1.44. The number of rotatable bonds is 4. The normalized spacial score (nSPS) is 11.4. The van der Waals surface area contributed by atoms with Crippen molar-refractivity contribution in [3.63, 3.8) is 0 Å². The number of nitrogens with two attached hydrogens (primary N) is 1. The number of nitrogens with one attached hydrogen (secondary N) is 1. The summed E-state index contributed by atoms with van der Waals surface area (Å²) >= 11 is 1.60. The monoisotopic (exact) mass is 283 g/mol. The number of aryl methyl sites for hydroxylation is 1. The van der Waals surface area contributed by atoms with Crippen molar-refractivity contribution in [2.45, 2.75) is 18.4 Å². The number of hydrogen-bond donors (Lipinski definition) is 2. The molecule has 0 aliphatic heterocycles. The first kappa shape index (κ1) is 13.0. The van der Waals surface area contributed by atoms with Crippen LogP contribution in [0.1, 0.15) is 10.7 Å². The standard InChI is InChI=1S/C11H13N3O2S2/c1-8-14-10(7-17-8)6-13-9-2-4-11(5-3-9)18(12,15)16/h2-5,7,13H,6H2,1H3,(H2,12,15,16). The highest BCUT2D eigenvalue weighted by Gasteiger charge is 2.06. The molecule has 0 unspecified atom stereocenters. The van der Waals surface area contributed by atoms with Crippen LogP contribution in [0.5, 0.6) is 0 Å². The van der Waals surface area contributed by atoms with Crippen molar-refractivity contribution >= 4 is 27.0 Å². The van der Waals surface area contributed by atoms with Gasteiger partial charge >= 0.3 is 0 Å². The van der Waals surface area contributed by atoms with Crippen LogP contribution in [-0.2, 0) is 16.6 Å². The quantitative estimate of drug-likeness (QED) is 0.894. The zero-order valence-corrected chi connectivity index (χ0v) is 11.4. The molecule has 3 N–H and O–H groups in total. The molecule has 0 saturated carbocycles. The van der Waals surface area contributed by atoms with E-state index >= 15 is 0 Å². The van der Waals surface area contributed by atoms with Gasteiger partial charge in [-0.1, -0.05) is 0 Å². The van der Waals surface area contributed by atoms with E-state index in [0.29, 0.717) is 6.54 Å². The average Bonchev–Trinajstić information content (AvgIpc) is 2.72. The molecule has 96 valence electrons. The van der Waals surface area contributed by atoms with Crippen LogP contribution < -0.4 is 10.5 Å². The molecule has 1 heterocycles. The van der Waals surface area contributed by atoms with Crippen molar-refractivity contribution < 1.29 is 8.42 Å². The molecule has 5 nitrogen and oxygen atoms in total. The molecule has 0 bridgehead atoms. The maximum Gasteiger partial charge on any atom is 0.238 e. The van der Waals surface area contributed by atoms with E-state index in [1.807, 2.05) is 12.3 Å². The average molecular weight is 283 g/mol. The number of thiazole rings is 1. The Balaban J connectivity index is 2.03. The van der Waals surface area contributed by atoms with Gasteiger partial charge in [0.25, 0.3) is 0 Å². The number of sulfonamides is 1. The third kappa shape index (κ3) is 3.28. The summed E-state index contributed by atoms with van der Waals surface area (Å²) in [7, 11) is -3.62. The van der Waals surface area contributed by atoms with Crippen LogP contribution in [-0.4, -0.2) is 13.4 Å². The van der Waals surface area contributed by atoms with Crippen LogP contribution >= 0.6 is 11.3 Å². The molecule has 0 aliphatic carbocycles. The van der Waals surface area contributed by atoms with Gasteiger partial charge in [0.1, 0.15) is 0 Å². The van der Waals surface area contributed by atoms with Gasteiger partial charge in [-0.3, -0.25) is 0 Å². The maximum atomic E-state index is 11.1. The number of nitrogens with zero attached hydrogens (tertiary/aromatic N) is 1. The van der Waals surface area contributed by atoms with Gasteiger partial charge < -0.3 is 5.32 Å². The molecule has 7 heteroatoms. The zero-order chi connectivity index (χ0) is 13.2. The highest BCUT2D eigenvalue weighted by Crippen LogP contribution is 2.14. The van der Waals surface area contributed by atoms with Crippen molar-refractivity contribution in [3.05, 3.63) is 40.3 Å². The molecule has 0 aliphatic rings. The molecule has 2 rings (SSSR count). The minimum Gasteiger partial charge on any atom is -0.379 e. The van der Waals surface area contributed by atoms with E-state index < -0.39 is 10.0 Å². The molecular formula is C11H13N3O2S2. The van der Waals surface area contributed by atoms with Crippen LogP contribution in [0.3, 0.4) is 0 Å². The Morgan fingerprint density at radius 3 is 2.50 bits per heavy atom. The summed E-state index contributed by atoms with van der Waals surface area (Å²) in [6.45, 7) is 2.56. The van der Waals surface area contributed by atoms with Gasteiger partial charge in [-0.05, 0) is 31.2 Å². The lowest BCUT2D eigenvalue weighted by Crippen LogP contribution is -2.12. The summed E-state index contributed by atoms with van der Waals surface area (Å²) in [5.41, 5.74) is 1.79. The van der Waals surface area contributed by atoms with Crippen LogP contribution in [0, 0.1) is 6.92 Å². The molecule has 1 aromatic heterocycles. The van der Waals surface area contributed by atoms with Gasteiger partial charge in [-0.2, -0.15) is 0 Å². The Morgan fingerprint density at radius 1 is 1.33 bits per heavy atom.